The van der Waals surface area contributed by atoms with E-state index in [1.54, 1.807) is 17.2 Å². The highest BCUT2D eigenvalue weighted by atomic mass is 16.6. The lowest BCUT2D eigenvalue weighted by atomic mass is 9.97. The van der Waals surface area contributed by atoms with Crippen molar-refractivity contribution in [3.05, 3.63) is 72.1 Å². The second kappa shape index (κ2) is 11.5. The van der Waals surface area contributed by atoms with Crippen LogP contribution in [0.5, 0.6) is 5.75 Å². The van der Waals surface area contributed by atoms with Crippen LogP contribution in [0.4, 0.5) is 4.79 Å². The highest BCUT2D eigenvalue weighted by Crippen LogP contribution is 2.32. The summed E-state index contributed by atoms with van der Waals surface area (Å²) in [4.78, 5) is 25.4. The van der Waals surface area contributed by atoms with Gasteiger partial charge in [-0.25, -0.2) is 4.79 Å². The fraction of sp³-hybridized carbons (Fsp3) is 0.414. The van der Waals surface area contributed by atoms with Crippen LogP contribution in [-0.4, -0.2) is 50.5 Å². The Balaban J connectivity index is 1.43. The maximum atomic E-state index is 12.3. The molecule has 8 nitrogen and oxygen atoms in total. The summed E-state index contributed by atoms with van der Waals surface area (Å²) in [6, 6.07) is 15.4. The fourth-order valence-electron chi connectivity index (χ4n) is 4.44. The Hall–Kier alpha value is -3.81. The van der Waals surface area contributed by atoms with Gasteiger partial charge in [0.15, 0.2) is 0 Å². The number of aliphatic carboxylic acids is 1. The molecule has 1 aromatic heterocycles. The molecule has 4 rings (SSSR count). The van der Waals surface area contributed by atoms with E-state index in [-0.39, 0.29) is 12.5 Å². The number of hydrogen-bond acceptors (Lipinski definition) is 5. The summed E-state index contributed by atoms with van der Waals surface area (Å²) in [7, 11) is 0. The van der Waals surface area contributed by atoms with Crippen molar-refractivity contribution in [2.75, 3.05) is 13.1 Å². The molecule has 0 spiro atoms. The summed E-state index contributed by atoms with van der Waals surface area (Å²) in [5.41, 5.74) is 2.96. The van der Waals surface area contributed by atoms with Crippen LogP contribution in [0.15, 0.2) is 60.9 Å². The molecular formula is C29H35N3O5. The predicted octanol–water partition coefficient (Wildman–Crippen LogP) is 5.40. The third kappa shape index (κ3) is 7.59. The van der Waals surface area contributed by atoms with Crippen molar-refractivity contribution in [3.63, 3.8) is 0 Å². The van der Waals surface area contributed by atoms with E-state index in [4.69, 9.17) is 9.47 Å². The second-order valence-corrected chi connectivity index (χ2v) is 10.5. The van der Waals surface area contributed by atoms with Gasteiger partial charge >= 0.3 is 12.1 Å². The predicted molar refractivity (Wildman–Crippen MR) is 140 cm³/mol. The topological polar surface area (TPSA) is 93.9 Å². The van der Waals surface area contributed by atoms with Crippen molar-refractivity contribution in [3.8, 4) is 16.9 Å². The van der Waals surface area contributed by atoms with Gasteiger partial charge in [0.25, 0.3) is 0 Å². The maximum absolute atomic E-state index is 12.3. The number of benzene rings is 2. The van der Waals surface area contributed by atoms with E-state index < -0.39 is 11.6 Å². The number of aromatic nitrogens is 2. The number of ether oxygens (including phenoxy) is 2. The van der Waals surface area contributed by atoms with Crippen LogP contribution in [0.25, 0.3) is 11.1 Å². The van der Waals surface area contributed by atoms with Gasteiger partial charge in [0, 0.05) is 37.0 Å². The van der Waals surface area contributed by atoms with E-state index in [1.807, 2.05) is 74.1 Å². The number of piperidine rings is 1. The maximum Gasteiger partial charge on any atom is 0.410 e. The van der Waals surface area contributed by atoms with Crippen molar-refractivity contribution in [1.82, 2.24) is 14.7 Å². The molecule has 1 N–H and O–H groups in total. The minimum Gasteiger partial charge on any atom is -0.488 e. The Morgan fingerprint density at radius 3 is 2.46 bits per heavy atom. The van der Waals surface area contributed by atoms with E-state index in [9.17, 15) is 14.7 Å². The third-order valence-corrected chi connectivity index (χ3v) is 6.29. The lowest BCUT2D eigenvalue weighted by Crippen LogP contribution is -2.42. The van der Waals surface area contributed by atoms with Crippen molar-refractivity contribution in [2.45, 2.75) is 58.8 Å². The summed E-state index contributed by atoms with van der Waals surface area (Å²) in [5.74, 6) is 0.208. The molecule has 1 amide bonds. The van der Waals surface area contributed by atoms with Gasteiger partial charge in [-0.3, -0.25) is 9.48 Å². The van der Waals surface area contributed by atoms with Crippen LogP contribution in [0, 0.1) is 5.92 Å². The number of carbonyl (C=O) groups is 2. The molecule has 37 heavy (non-hydrogen) atoms. The van der Waals surface area contributed by atoms with Crippen LogP contribution in [0.2, 0.25) is 0 Å². The lowest BCUT2D eigenvalue weighted by Gasteiger charge is -2.33. The van der Waals surface area contributed by atoms with Crippen molar-refractivity contribution in [1.29, 1.82) is 0 Å². The lowest BCUT2D eigenvalue weighted by molar-refractivity contribution is -0.136. The van der Waals surface area contributed by atoms with Gasteiger partial charge in [-0.1, -0.05) is 36.4 Å². The van der Waals surface area contributed by atoms with Gasteiger partial charge < -0.3 is 19.5 Å². The van der Waals surface area contributed by atoms with Gasteiger partial charge in [0.1, 0.15) is 18.0 Å². The number of rotatable bonds is 8. The van der Waals surface area contributed by atoms with E-state index in [2.05, 4.69) is 5.10 Å². The molecule has 3 aromatic rings. The quantitative estimate of drug-likeness (QED) is 0.440. The molecule has 0 unspecified atom stereocenters. The largest absolute Gasteiger partial charge is 0.488 e. The summed E-state index contributed by atoms with van der Waals surface area (Å²) in [6.45, 7) is 8.13. The van der Waals surface area contributed by atoms with E-state index in [0.717, 1.165) is 36.1 Å². The van der Waals surface area contributed by atoms with Gasteiger partial charge in [-0.05, 0) is 62.8 Å². The average molecular weight is 506 g/mol. The second-order valence-electron chi connectivity index (χ2n) is 10.5. The number of amides is 1. The molecule has 1 saturated heterocycles. The van der Waals surface area contributed by atoms with Gasteiger partial charge in [0.2, 0.25) is 0 Å². The molecule has 8 heteroatoms. The Bertz CT molecular complexity index is 1210. The van der Waals surface area contributed by atoms with Gasteiger partial charge in [0.05, 0.1) is 12.6 Å². The van der Waals surface area contributed by atoms with E-state index in [1.165, 1.54) is 0 Å². The number of carboxylic acid groups (broad SMARTS) is 1. The molecule has 0 saturated carbocycles. The Labute approximate surface area is 217 Å². The number of carboxylic acids is 1. The molecular weight excluding hydrogens is 470 g/mol. The smallest absolute Gasteiger partial charge is 0.410 e. The highest BCUT2D eigenvalue weighted by molar-refractivity contribution is 5.74. The van der Waals surface area contributed by atoms with Crippen molar-refractivity contribution in [2.24, 2.45) is 5.92 Å². The Morgan fingerprint density at radius 1 is 1.05 bits per heavy atom. The number of likely N-dealkylation sites (tertiary alicyclic amines) is 1. The first-order valence-corrected chi connectivity index (χ1v) is 12.7. The first kappa shape index (κ1) is 26.3. The normalized spacial score (nSPS) is 14.4. The SMILES string of the molecule is CC(C)(C)OC(=O)N1CCC(Cn2cc(-c3cc(CC(=O)O)ccc3OCc3ccccc3)cn2)CC1. The molecule has 0 bridgehead atoms. The van der Waals surface area contributed by atoms with Crippen LogP contribution >= 0.6 is 0 Å². The first-order chi connectivity index (χ1) is 17.7. The third-order valence-electron chi connectivity index (χ3n) is 6.29. The Morgan fingerprint density at radius 2 is 1.78 bits per heavy atom. The molecule has 1 fully saturated rings. The molecule has 0 atom stereocenters. The minimum absolute atomic E-state index is 0.0592. The standard InChI is InChI=1S/C29H35N3O5/c1-29(2,3)37-28(35)31-13-11-21(12-14-31)18-32-19-24(17-30-32)25-15-23(16-27(33)34)9-10-26(25)36-20-22-7-5-4-6-8-22/h4-10,15,17,19,21H,11-14,16,18,20H2,1-3H3,(H,33,34). The molecule has 1 aliphatic heterocycles. The summed E-state index contributed by atoms with van der Waals surface area (Å²) in [5, 5.41) is 13.8. The van der Waals surface area contributed by atoms with Gasteiger partial charge in [-0.15, -0.1) is 0 Å². The molecule has 2 aromatic carbocycles. The van der Waals surface area contributed by atoms with Crippen molar-refractivity contribution < 1.29 is 24.2 Å². The molecule has 2 heterocycles. The molecule has 0 radical (unpaired) electrons. The zero-order valence-corrected chi connectivity index (χ0v) is 21.7. The summed E-state index contributed by atoms with van der Waals surface area (Å²) >= 11 is 0. The van der Waals surface area contributed by atoms with Crippen LogP contribution in [0.3, 0.4) is 0 Å². The van der Waals surface area contributed by atoms with Crippen LogP contribution < -0.4 is 4.74 Å². The summed E-state index contributed by atoms with van der Waals surface area (Å²) in [6.07, 6.45) is 5.23. The van der Waals surface area contributed by atoms with Crippen LogP contribution in [0.1, 0.15) is 44.7 Å². The van der Waals surface area contributed by atoms with E-state index >= 15 is 0 Å². The molecule has 0 aliphatic carbocycles. The summed E-state index contributed by atoms with van der Waals surface area (Å²) < 4.78 is 13.6. The van der Waals surface area contributed by atoms with E-state index in [0.29, 0.717) is 36.9 Å². The minimum atomic E-state index is -0.877. The highest BCUT2D eigenvalue weighted by Gasteiger charge is 2.27. The monoisotopic (exact) mass is 505 g/mol. The Kier molecular flexibility index (Phi) is 8.16. The van der Waals surface area contributed by atoms with Crippen LogP contribution in [-0.2, 0) is 29.1 Å². The number of nitrogens with zero attached hydrogens (tertiary/aromatic N) is 3. The van der Waals surface area contributed by atoms with Gasteiger partial charge in [-0.2, -0.15) is 5.10 Å². The average Bonchev–Trinajstić information content (AvgIpc) is 3.31. The van der Waals surface area contributed by atoms with Crippen molar-refractivity contribution >= 4 is 12.1 Å². The number of hydrogen-bond donors (Lipinski definition) is 1. The molecule has 196 valence electrons. The zero-order valence-electron chi connectivity index (χ0n) is 21.7. The number of carbonyl (C=O) groups excluding carboxylic acids is 1. The fourth-order valence-corrected chi connectivity index (χ4v) is 4.44. The zero-order chi connectivity index (χ0) is 26.4. The molecule has 1 aliphatic rings. The first-order valence-electron chi connectivity index (χ1n) is 12.7.